The fraction of sp³-hybridized carbons (Fsp3) is 0.0909. The van der Waals surface area contributed by atoms with Gasteiger partial charge in [0.05, 0.1) is 16.9 Å². The Balaban J connectivity index is 2.67. The molecule has 0 radical (unpaired) electrons. The first-order chi connectivity index (χ1) is 7.59. The maximum absolute atomic E-state index is 11.3. The van der Waals surface area contributed by atoms with Crippen LogP contribution < -0.4 is 11.5 Å². The first kappa shape index (κ1) is 10.2. The van der Waals surface area contributed by atoms with Crippen molar-refractivity contribution in [3.63, 3.8) is 0 Å². The Morgan fingerprint density at radius 1 is 1.38 bits per heavy atom. The molecule has 0 bridgehead atoms. The molecular formula is C11H12N4O. The van der Waals surface area contributed by atoms with Gasteiger partial charge in [0, 0.05) is 6.20 Å². The molecule has 1 heterocycles. The Morgan fingerprint density at radius 2 is 2.12 bits per heavy atom. The lowest BCUT2D eigenvalue weighted by atomic mass is 10.1. The van der Waals surface area contributed by atoms with E-state index in [1.165, 1.54) is 0 Å². The minimum atomic E-state index is -0.518. The Kier molecular flexibility index (Phi) is 2.36. The third-order valence-corrected chi connectivity index (χ3v) is 2.28. The number of rotatable bonds is 2. The highest BCUT2D eigenvalue weighted by atomic mass is 16.1. The van der Waals surface area contributed by atoms with E-state index in [-0.39, 0.29) is 0 Å². The number of nitrogens with zero attached hydrogens (tertiary/aromatic N) is 2. The zero-order chi connectivity index (χ0) is 11.7. The van der Waals surface area contributed by atoms with Crippen molar-refractivity contribution in [2.24, 2.45) is 5.73 Å². The third-order valence-electron chi connectivity index (χ3n) is 2.28. The number of amides is 1. The predicted molar refractivity (Wildman–Crippen MR) is 61.2 cm³/mol. The molecule has 0 saturated carbocycles. The molecule has 0 unspecified atom stereocenters. The number of aryl methyl sites for hydroxylation is 1. The molecule has 4 N–H and O–H groups in total. The Morgan fingerprint density at radius 3 is 2.69 bits per heavy atom. The zero-order valence-electron chi connectivity index (χ0n) is 8.84. The molecule has 5 nitrogen and oxygen atoms in total. The highest BCUT2D eigenvalue weighted by molar-refractivity contribution is 5.98. The van der Waals surface area contributed by atoms with Crippen LogP contribution >= 0.6 is 0 Å². The number of carbonyl (C=O) groups is 1. The number of benzene rings is 1. The van der Waals surface area contributed by atoms with Crippen LogP contribution in [0.1, 0.15) is 16.1 Å². The fourth-order valence-corrected chi connectivity index (χ4v) is 1.56. The van der Waals surface area contributed by atoms with Crippen LogP contribution in [0.2, 0.25) is 0 Å². The summed E-state index contributed by atoms with van der Waals surface area (Å²) in [5.41, 5.74) is 13.3. The minimum Gasteiger partial charge on any atom is -0.397 e. The van der Waals surface area contributed by atoms with E-state index in [0.717, 1.165) is 5.69 Å². The predicted octanol–water partition coefficient (Wildman–Crippen LogP) is 0.862. The largest absolute Gasteiger partial charge is 0.397 e. The lowest BCUT2D eigenvalue weighted by Crippen LogP contribution is -2.16. The van der Waals surface area contributed by atoms with Crippen LogP contribution in [0.4, 0.5) is 5.69 Å². The molecule has 82 valence electrons. The van der Waals surface area contributed by atoms with E-state index in [1.807, 2.05) is 13.0 Å². The summed E-state index contributed by atoms with van der Waals surface area (Å²) in [6.45, 7) is 1.86. The molecule has 1 amide bonds. The Labute approximate surface area is 92.7 Å². The molecule has 0 fully saturated rings. The molecule has 0 atom stereocenters. The molecule has 2 rings (SSSR count). The molecule has 16 heavy (non-hydrogen) atoms. The SMILES string of the molecule is Cc1ccn(-c2c(N)cccc2C(N)=O)n1. The number of anilines is 1. The van der Waals surface area contributed by atoms with Crippen molar-refractivity contribution in [1.82, 2.24) is 9.78 Å². The Bertz CT molecular complexity index is 545. The first-order valence-electron chi connectivity index (χ1n) is 4.80. The fourth-order valence-electron chi connectivity index (χ4n) is 1.56. The zero-order valence-corrected chi connectivity index (χ0v) is 8.84. The standard InChI is InChI=1S/C11H12N4O/c1-7-5-6-15(14-7)10-8(11(13)16)3-2-4-9(10)12/h2-6H,12H2,1H3,(H2,13,16). The van der Waals surface area contributed by atoms with E-state index >= 15 is 0 Å². The van der Waals surface area contributed by atoms with Crippen molar-refractivity contribution in [3.05, 3.63) is 41.7 Å². The molecule has 1 aromatic heterocycles. The quantitative estimate of drug-likeness (QED) is 0.730. The van der Waals surface area contributed by atoms with Gasteiger partial charge in [-0.2, -0.15) is 5.10 Å². The summed E-state index contributed by atoms with van der Waals surface area (Å²) in [7, 11) is 0. The van der Waals surface area contributed by atoms with Gasteiger partial charge in [-0.1, -0.05) is 6.07 Å². The molecular weight excluding hydrogens is 204 g/mol. The van der Waals surface area contributed by atoms with E-state index in [0.29, 0.717) is 16.9 Å². The molecule has 2 aromatic rings. The lowest BCUT2D eigenvalue weighted by Gasteiger charge is -2.09. The van der Waals surface area contributed by atoms with Crippen LogP contribution in [0.25, 0.3) is 5.69 Å². The summed E-state index contributed by atoms with van der Waals surface area (Å²) < 4.78 is 1.56. The second-order valence-electron chi connectivity index (χ2n) is 3.51. The summed E-state index contributed by atoms with van der Waals surface area (Å²) >= 11 is 0. The normalized spacial score (nSPS) is 10.3. The van der Waals surface area contributed by atoms with Gasteiger partial charge in [-0.3, -0.25) is 4.79 Å². The number of primary amides is 1. The number of aromatic nitrogens is 2. The average molecular weight is 216 g/mol. The minimum absolute atomic E-state index is 0.364. The van der Waals surface area contributed by atoms with Crippen LogP contribution in [0, 0.1) is 6.92 Å². The number of para-hydroxylation sites is 1. The van der Waals surface area contributed by atoms with Gasteiger partial charge < -0.3 is 11.5 Å². The number of nitrogens with two attached hydrogens (primary N) is 2. The van der Waals surface area contributed by atoms with Gasteiger partial charge >= 0.3 is 0 Å². The summed E-state index contributed by atoms with van der Waals surface area (Å²) in [6, 6.07) is 6.86. The van der Waals surface area contributed by atoms with E-state index < -0.39 is 5.91 Å². The first-order valence-corrected chi connectivity index (χ1v) is 4.80. The van der Waals surface area contributed by atoms with Crippen molar-refractivity contribution in [1.29, 1.82) is 0 Å². The Hall–Kier alpha value is -2.30. The summed E-state index contributed by atoms with van der Waals surface area (Å²) in [6.07, 6.45) is 1.74. The topological polar surface area (TPSA) is 86.9 Å². The van der Waals surface area contributed by atoms with Gasteiger partial charge in [0.25, 0.3) is 5.91 Å². The highest BCUT2D eigenvalue weighted by Crippen LogP contribution is 2.21. The second-order valence-corrected chi connectivity index (χ2v) is 3.51. The lowest BCUT2D eigenvalue weighted by molar-refractivity contribution is 0.1000. The molecule has 0 spiro atoms. The number of nitrogen functional groups attached to an aromatic ring is 1. The van der Waals surface area contributed by atoms with Crippen LogP contribution in [0.5, 0.6) is 0 Å². The number of hydrogen-bond acceptors (Lipinski definition) is 3. The van der Waals surface area contributed by atoms with Crippen LogP contribution in [-0.2, 0) is 0 Å². The van der Waals surface area contributed by atoms with Gasteiger partial charge in [0.1, 0.15) is 5.69 Å². The van der Waals surface area contributed by atoms with Gasteiger partial charge in [0.15, 0.2) is 0 Å². The third kappa shape index (κ3) is 1.63. The summed E-state index contributed by atoms with van der Waals surface area (Å²) in [5, 5.41) is 4.21. The van der Waals surface area contributed by atoms with Crippen molar-refractivity contribution < 1.29 is 4.79 Å². The van der Waals surface area contributed by atoms with E-state index in [2.05, 4.69) is 5.10 Å². The molecule has 0 saturated heterocycles. The van der Waals surface area contributed by atoms with Crippen LogP contribution in [0.15, 0.2) is 30.5 Å². The smallest absolute Gasteiger partial charge is 0.250 e. The monoisotopic (exact) mass is 216 g/mol. The number of carbonyl (C=O) groups excluding carboxylic acids is 1. The molecule has 5 heteroatoms. The van der Waals surface area contributed by atoms with Crippen molar-refractivity contribution in [3.8, 4) is 5.69 Å². The maximum Gasteiger partial charge on any atom is 0.250 e. The average Bonchev–Trinajstić information content (AvgIpc) is 2.64. The molecule has 0 aliphatic rings. The van der Waals surface area contributed by atoms with Crippen LogP contribution in [0.3, 0.4) is 0 Å². The molecule has 0 aliphatic heterocycles. The summed E-state index contributed by atoms with van der Waals surface area (Å²) in [4.78, 5) is 11.3. The molecule has 1 aromatic carbocycles. The number of hydrogen-bond donors (Lipinski definition) is 2. The van der Waals surface area contributed by atoms with Crippen molar-refractivity contribution in [2.75, 3.05) is 5.73 Å². The summed E-state index contributed by atoms with van der Waals surface area (Å²) in [5.74, 6) is -0.518. The van der Waals surface area contributed by atoms with Crippen LogP contribution in [-0.4, -0.2) is 15.7 Å². The van der Waals surface area contributed by atoms with Crippen molar-refractivity contribution >= 4 is 11.6 Å². The maximum atomic E-state index is 11.3. The second kappa shape index (κ2) is 3.69. The highest BCUT2D eigenvalue weighted by Gasteiger charge is 2.13. The molecule has 0 aliphatic carbocycles. The van der Waals surface area contributed by atoms with Gasteiger partial charge in [-0.15, -0.1) is 0 Å². The van der Waals surface area contributed by atoms with E-state index in [1.54, 1.807) is 29.1 Å². The van der Waals surface area contributed by atoms with Gasteiger partial charge in [-0.25, -0.2) is 4.68 Å². The van der Waals surface area contributed by atoms with Gasteiger partial charge in [-0.05, 0) is 25.1 Å². The van der Waals surface area contributed by atoms with E-state index in [9.17, 15) is 4.79 Å². The van der Waals surface area contributed by atoms with E-state index in [4.69, 9.17) is 11.5 Å². The van der Waals surface area contributed by atoms with Gasteiger partial charge in [0.2, 0.25) is 0 Å². The van der Waals surface area contributed by atoms with Crippen molar-refractivity contribution in [2.45, 2.75) is 6.92 Å².